The molecule has 1 aromatic carbocycles. The Morgan fingerprint density at radius 2 is 2.19 bits per heavy atom. The minimum atomic E-state index is -1.08. The van der Waals surface area contributed by atoms with E-state index in [4.69, 9.17) is 15.2 Å². The molecule has 3 heterocycles. The lowest BCUT2D eigenvalue weighted by Crippen LogP contribution is -2.49. The topological polar surface area (TPSA) is 136 Å². The minimum Gasteiger partial charge on any atom is -0.480 e. The Bertz CT molecular complexity index is 1130. The van der Waals surface area contributed by atoms with Gasteiger partial charge in [0.05, 0.1) is 38.3 Å². The van der Waals surface area contributed by atoms with Crippen LogP contribution >= 0.6 is 0 Å². The Labute approximate surface area is 184 Å². The van der Waals surface area contributed by atoms with Crippen LogP contribution in [0.25, 0.3) is 0 Å². The fourth-order valence-corrected chi connectivity index (χ4v) is 4.31. The van der Waals surface area contributed by atoms with E-state index in [-0.39, 0.29) is 41.6 Å². The van der Waals surface area contributed by atoms with Gasteiger partial charge in [-0.2, -0.15) is 5.26 Å². The number of ether oxygens (including phenoxy) is 2. The highest BCUT2D eigenvalue weighted by atomic mass is 19.1. The van der Waals surface area contributed by atoms with Gasteiger partial charge in [0.1, 0.15) is 28.3 Å². The number of carbonyl (C=O) groups excluding carboxylic acids is 1. The smallest absolute Gasteiger partial charge is 0.275 e. The number of rotatable bonds is 4. The number of hydrogen-bond donors (Lipinski definition) is 2. The second-order valence-corrected chi connectivity index (χ2v) is 8.28. The molecule has 2 aliphatic rings. The molecular weight excluding hydrogens is 415 g/mol. The highest BCUT2D eigenvalue weighted by Crippen LogP contribution is 2.52. The van der Waals surface area contributed by atoms with Crippen molar-refractivity contribution < 1.29 is 18.7 Å². The summed E-state index contributed by atoms with van der Waals surface area (Å²) in [6.45, 7) is 3.73. The Morgan fingerprint density at radius 3 is 2.84 bits per heavy atom. The Morgan fingerprint density at radius 1 is 1.41 bits per heavy atom. The van der Waals surface area contributed by atoms with Crippen molar-refractivity contribution in [3.8, 4) is 11.9 Å². The molecule has 1 fully saturated rings. The van der Waals surface area contributed by atoms with Crippen molar-refractivity contribution >= 4 is 17.4 Å². The molecular formula is C22H23FN6O3. The van der Waals surface area contributed by atoms with E-state index in [2.05, 4.69) is 26.3 Å². The van der Waals surface area contributed by atoms with E-state index in [9.17, 15) is 10.1 Å². The maximum absolute atomic E-state index is 15.1. The van der Waals surface area contributed by atoms with Crippen LogP contribution in [0.2, 0.25) is 0 Å². The molecule has 2 unspecified atom stereocenters. The van der Waals surface area contributed by atoms with Gasteiger partial charge in [-0.25, -0.2) is 14.4 Å². The van der Waals surface area contributed by atoms with E-state index in [0.717, 1.165) is 0 Å². The van der Waals surface area contributed by atoms with Crippen LogP contribution in [-0.2, 0) is 10.3 Å². The number of anilines is 1. The van der Waals surface area contributed by atoms with Gasteiger partial charge in [-0.05, 0) is 38.5 Å². The summed E-state index contributed by atoms with van der Waals surface area (Å²) in [7, 11) is 1.45. The number of benzene rings is 1. The summed E-state index contributed by atoms with van der Waals surface area (Å²) < 4.78 is 25.9. The molecule has 4 atom stereocenters. The van der Waals surface area contributed by atoms with Gasteiger partial charge >= 0.3 is 0 Å². The van der Waals surface area contributed by atoms with E-state index < -0.39 is 22.7 Å². The van der Waals surface area contributed by atoms with Gasteiger partial charge < -0.3 is 20.5 Å². The molecule has 2 aliphatic heterocycles. The number of amides is 1. The summed E-state index contributed by atoms with van der Waals surface area (Å²) in [5.41, 5.74) is 4.84. The molecule has 0 aliphatic carbocycles. The predicted octanol–water partition coefficient (Wildman–Crippen LogP) is 2.40. The van der Waals surface area contributed by atoms with Crippen LogP contribution in [0.3, 0.4) is 0 Å². The molecule has 2 aromatic rings. The molecule has 0 radical (unpaired) electrons. The number of methoxy groups -OCH3 is 1. The fraction of sp³-hybridized carbons (Fsp3) is 0.409. The largest absolute Gasteiger partial charge is 0.480 e. The summed E-state index contributed by atoms with van der Waals surface area (Å²) in [6, 6.07) is 6.48. The summed E-state index contributed by atoms with van der Waals surface area (Å²) in [5, 5.41) is 12.3. The van der Waals surface area contributed by atoms with E-state index >= 15 is 4.39 Å². The van der Waals surface area contributed by atoms with E-state index in [1.54, 1.807) is 6.92 Å². The van der Waals surface area contributed by atoms with Gasteiger partial charge in [-0.15, -0.1) is 0 Å². The monoisotopic (exact) mass is 438 g/mol. The number of nitrogens with zero attached hydrogens (tertiary/aromatic N) is 4. The number of halogens is 1. The Kier molecular flexibility index (Phi) is 5.30. The summed E-state index contributed by atoms with van der Waals surface area (Å²) in [5.74, 6) is -0.828. The van der Waals surface area contributed by atoms with Crippen molar-refractivity contribution in [1.29, 1.82) is 5.26 Å². The number of aliphatic imine (C=N–C) groups is 1. The van der Waals surface area contributed by atoms with Crippen LogP contribution < -0.4 is 15.8 Å². The number of amidine groups is 1. The molecule has 3 N–H and O–H groups in total. The minimum absolute atomic E-state index is 0.0789. The van der Waals surface area contributed by atoms with Crippen molar-refractivity contribution in [2.45, 2.75) is 31.9 Å². The summed E-state index contributed by atoms with van der Waals surface area (Å²) in [6.07, 6.45) is 2.76. The molecule has 32 heavy (non-hydrogen) atoms. The van der Waals surface area contributed by atoms with Crippen molar-refractivity contribution in [3.05, 3.63) is 47.7 Å². The third-order valence-corrected chi connectivity index (χ3v) is 6.27. The SMILES string of the molecule is COc1cnc(C(=O)Nc2ccc(F)c(C34COC(C)[C@H]3C[C@](C)(C#N)C(N)=N4)c2)cn1. The molecule has 9 nitrogen and oxygen atoms in total. The van der Waals surface area contributed by atoms with Crippen LogP contribution in [0, 0.1) is 28.5 Å². The quantitative estimate of drug-likeness (QED) is 0.748. The number of aromatic nitrogens is 2. The molecule has 4 rings (SSSR count). The average Bonchev–Trinajstić information content (AvgIpc) is 3.11. The van der Waals surface area contributed by atoms with E-state index in [1.807, 2.05) is 6.92 Å². The number of fused-ring (bicyclic) bond motifs is 1. The van der Waals surface area contributed by atoms with Crippen molar-refractivity contribution in [3.63, 3.8) is 0 Å². The van der Waals surface area contributed by atoms with Crippen LogP contribution in [-0.4, -0.2) is 41.5 Å². The number of carbonyl (C=O) groups is 1. The molecule has 10 heteroatoms. The average molecular weight is 438 g/mol. The van der Waals surface area contributed by atoms with E-state index in [0.29, 0.717) is 12.1 Å². The first kappa shape index (κ1) is 21.6. The van der Waals surface area contributed by atoms with Gasteiger partial charge in [-0.3, -0.25) is 9.79 Å². The standard InChI is InChI=1S/C22H23FN6O3/c1-12-15-7-21(2,10-24)20(25)29-22(15,11-32-12)14-6-13(4-5-16(14)23)28-19(30)17-8-27-18(31-3)9-26-17/h4-6,8-9,12,15H,7,11H2,1-3H3,(H2,25,29)(H,28,30)/t12?,15-,21-,22?/m1/s1. The van der Waals surface area contributed by atoms with Crippen LogP contribution in [0.1, 0.15) is 36.3 Å². The third kappa shape index (κ3) is 3.44. The highest BCUT2D eigenvalue weighted by Gasteiger charge is 2.57. The second-order valence-electron chi connectivity index (χ2n) is 8.28. The highest BCUT2D eigenvalue weighted by molar-refractivity contribution is 6.02. The molecule has 1 saturated heterocycles. The zero-order valence-corrected chi connectivity index (χ0v) is 17.9. The number of hydrogen-bond acceptors (Lipinski definition) is 8. The van der Waals surface area contributed by atoms with Gasteiger partial charge in [0.2, 0.25) is 5.88 Å². The number of nitriles is 1. The third-order valence-electron chi connectivity index (χ3n) is 6.27. The van der Waals surface area contributed by atoms with E-state index in [1.165, 1.54) is 37.7 Å². The lowest BCUT2D eigenvalue weighted by atomic mass is 9.67. The van der Waals surface area contributed by atoms with Crippen LogP contribution in [0.15, 0.2) is 35.6 Å². The molecule has 1 aromatic heterocycles. The lowest BCUT2D eigenvalue weighted by Gasteiger charge is -2.41. The Hall–Kier alpha value is -3.58. The lowest BCUT2D eigenvalue weighted by molar-refractivity contribution is 0.0995. The maximum Gasteiger partial charge on any atom is 0.275 e. The van der Waals surface area contributed by atoms with Crippen LogP contribution in [0.5, 0.6) is 5.88 Å². The molecule has 166 valence electrons. The predicted molar refractivity (Wildman–Crippen MR) is 113 cm³/mol. The molecule has 0 spiro atoms. The normalized spacial score (nSPS) is 28.9. The number of nitrogens with two attached hydrogens (primary N) is 1. The number of nitrogens with one attached hydrogen (secondary N) is 1. The summed E-state index contributed by atoms with van der Waals surface area (Å²) in [4.78, 5) is 25.2. The van der Waals surface area contributed by atoms with Crippen molar-refractivity contribution in [2.75, 3.05) is 19.0 Å². The summed E-state index contributed by atoms with van der Waals surface area (Å²) >= 11 is 0. The second kappa shape index (κ2) is 7.84. The fourth-order valence-electron chi connectivity index (χ4n) is 4.31. The molecule has 1 amide bonds. The first-order chi connectivity index (χ1) is 15.2. The van der Waals surface area contributed by atoms with Crippen LogP contribution in [0.4, 0.5) is 10.1 Å². The van der Waals surface area contributed by atoms with Gasteiger partial charge in [0.25, 0.3) is 5.91 Å². The van der Waals surface area contributed by atoms with Crippen molar-refractivity contribution in [1.82, 2.24) is 9.97 Å². The van der Waals surface area contributed by atoms with Gasteiger partial charge in [0, 0.05) is 17.2 Å². The Balaban J connectivity index is 1.70. The zero-order valence-electron chi connectivity index (χ0n) is 17.9. The molecule has 0 saturated carbocycles. The van der Waals surface area contributed by atoms with Crippen molar-refractivity contribution in [2.24, 2.45) is 22.1 Å². The first-order valence-corrected chi connectivity index (χ1v) is 10.1. The van der Waals surface area contributed by atoms with Gasteiger partial charge in [-0.1, -0.05) is 0 Å². The zero-order chi connectivity index (χ0) is 23.1. The first-order valence-electron chi connectivity index (χ1n) is 10.1. The maximum atomic E-state index is 15.1. The molecule has 0 bridgehead atoms. The van der Waals surface area contributed by atoms with Gasteiger partial charge in [0.15, 0.2) is 0 Å².